The number of methoxy groups -OCH3 is 1. The quantitative estimate of drug-likeness (QED) is 0.752. The number of halogens is 2. The van der Waals surface area contributed by atoms with Crippen LogP contribution in [0.3, 0.4) is 0 Å². The SMILES string of the molecule is COC(=O)Cc1nccc2cc(F)cc(F)c12. The first kappa shape index (κ1) is 11.4. The van der Waals surface area contributed by atoms with E-state index in [2.05, 4.69) is 9.72 Å². The van der Waals surface area contributed by atoms with Crippen molar-refractivity contribution >= 4 is 16.7 Å². The molecular weight excluding hydrogens is 228 g/mol. The lowest BCUT2D eigenvalue weighted by molar-refractivity contribution is -0.139. The molecule has 0 fully saturated rings. The average Bonchev–Trinajstić information content (AvgIpc) is 2.28. The second kappa shape index (κ2) is 4.45. The van der Waals surface area contributed by atoms with E-state index in [4.69, 9.17) is 0 Å². The van der Waals surface area contributed by atoms with Gasteiger partial charge in [-0.2, -0.15) is 0 Å². The Morgan fingerprint density at radius 1 is 1.41 bits per heavy atom. The van der Waals surface area contributed by atoms with Gasteiger partial charge in [0.1, 0.15) is 11.6 Å². The van der Waals surface area contributed by atoms with E-state index < -0.39 is 17.6 Å². The highest BCUT2D eigenvalue weighted by Gasteiger charge is 2.13. The molecule has 0 radical (unpaired) electrons. The van der Waals surface area contributed by atoms with E-state index in [0.717, 1.165) is 6.07 Å². The molecule has 1 aromatic heterocycles. The number of aromatic nitrogens is 1. The molecule has 0 aliphatic rings. The number of nitrogens with zero attached hydrogens (tertiary/aromatic N) is 1. The average molecular weight is 237 g/mol. The molecule has 0 N–H and O–H groups in total. The van der Waals surface area contributed by atoms with E-state index >= 15 is 0 Å². The Bertz CT molecular complexity index is 584. The first-order chi connectivity index (χ1) is 8.11. The number of hydrogen-bond acceptors (Lipinski definition) is 3. The molecule has 0 bridgehead atoms. The third-order valence-corrected chi connectivity index (χ3v) is 2.40. The zero-order valence-corrected chi connectivity index (χ0v) is 9.04. The van der Waals surface area contributed by atoms with E-state index in [1.54, 1.807) is 0 Å². The van der Waals surface area contributed by atoms with Crippen molar-refractivity contribution in [1.29, 1.82) is 0 Å². The Hall–Kier alpha value is -2.04. The molecule has 0 aliphatic heterocycles. The summed E-state index contributed by atoms with van der Waals surface area (Å²) < 4.78 is 31.1. The minimum atomic E-state index is -0.730. The van der Waals surface area contributed by atoms with E-state index in [1.807, 2.05) is 0 Å². The first-order valence-corrected chi connectivity index (χ1v) is 4.91. The van der Waals surface area contributed by atoms with Crippen molar-refractivity contribution in [3.05, 3.63) is 41.7 Å². The van der Waals surface area contributed by atoms with Crippen LogP contribution in [-0.4, -0.2) is 18.1 Å². The van der Waals surface area contributed by atoms with Gasteiger partial charge in [0.05, 0.1) is 19.2 Å². The number of carbonyl (C=O) groups is 1. The van der Waals surface area contributed by atoms with Crippen LogP contribution in [0.2, 0.25) is 0 Å². The molecule has 0 aliphatic carbocycles. The van der Waals surface area contributed by atoms with Crippen molar-refractivity contribution in [2.24, 2.45) is 0 Å². The minimum absolute atomic E-state index is 0.142. The Balaban J connectivity index is 2.60. The number of hydrogen-bond donors (Lipinski definition) is 0. The molecule has 17 heavy (non-hydrogen) atoms. The van der Waals surface area contributed by atoms with Gasteiger partial charge in [0.25, 0.3) is 0 Å². The molecule has 3 nitrogen and oxygen atoms in total. The number of benzene rings is 1. The lowest BCUT2D eigenvalue weighted by atomic mass is 10.1. The van der Waals surface area contributed by atoms with Crippen LogP contribution in [0.25, 0.3) is 10.8 Å². The molecule has 0 saturated carbocycles. The number of carbonyl (C=O) groups excluding carboxylic acids is 1. The van der Waals surface area contributed by atoms with Gasteiger partial charge in [-0.3, -0.25) is 9.78 Å². The molecule has 0 amide bonds. The summed E-state index contributed by atoms with van der Waals surface area (Å²) in [6, 6.07) is 3.45. The number of ether oxygens (including phenoxy) is 1. The van der Waals surface area contributed by atoms with Gasteiger partial charge < -0.3 is 4.74 Å². The fourth-order valence-electron chi connectivity index (χ4n) is 1.64. The van der Waals surface area contributed by atoms with E-state index in [-0.39, 0.29) is 17.5 Å². The molecule has 0 atom stereocenters. The zero-order chi connectivity index (χ0) is 12.4. The fraction of sp³-hybridized carbons (Fsp3) is 0.167. The normalized spacial score (nSPS) is 10.5. The van der Waals surface area contributed by atoms with Gasteiger partial charge in [-0.25, -0.2) is 8.78 Å². The molecular formula is C12H9F2NO2. The maximum Gasteiger partial charge on any atom is 0.311 e. The van der Waals surface area contributed by atoms with Crippen LogP contribution >= 0.6 is 0 Å². The van der Waals surface area contributed by atoms with Crippen molar-refractivity contribution in [3.8, 4) is 0 Å². The summed E-state index contributed by atoms with van der Waals surface area (Å²) in [7, 11) is 1.24. The summed E-state index contributed by atoms with van der Waals surface area (Å²) >= 11 is 0. The summed E-state index contributed by atoms with van der Waals surface area (Å²) in [5.74, 6) is -1.91. The van der Waals surface area contributed by atoms with Crippen molar-refractivity contribution in [2.75, 3.05) is 7.11 Å². The predicted molar refractivity (Wildman–Crippen MR) is 57.4 cm³/mol. The summed E-state index contributed by atoms with van der Waals surface area (Å²) in [6.07, 6.45) is 1.26. The standard InChI is InChI=1S/C12H9F2NO2/c1-17-11(16)6-10-12-7(2-3-15-10)4-8(13)5-9(12)14/h2-5H,6H2,1H3. The summed E-state index contributed by atoms with van der Waals surface area (Å²) in [6.45, 7) is 0. The van der Waals surface area contributed by atoms with Gasteiger partial charge in [-0.05, 0) is 17.5 Å². The third kappa shape index (κ3) is 2.22. The summed E-state index contributed by atoms with van der Waals surface area (Å²) in [5.41, 5.74) is 0.242. The van der Waals surface area contributed by atoms with Crippen LogP contribution in [0, 0.1) is 11.6 Å². The molecule has 2 rings (SSSR count). The Morgan fingerprint density at radius 2 is 2.18 bits per heavy atom. The number of pyridine rings is 1. The van der Waals surface area contributed by atoms with Crippen LogP contribution in [0.1, 0.15) is 5.69 Å². The molecule has 0 unspecified atom stereocenters. The largest absolute Gasteiger partial charge is 0.469 e. The minimum Gasteiger partial charge on any atom is -0.469 e. The lowest BCUT2D eigenvalue weighted by Gasteiger charge is -2.05. The van der Waals surface area contributed by atoms with Crippen molar-refractivity contribution in [3.63, 3.8) is 0 Å². The monoisotopic (exact) mass is 237 g/mol. The van der Waals surface area contributed by atoms with E-state index in [1.165, 1.54) is 25.4 Å². The second-order valence-electron chi connectivity index (χ2n) is 3.50. The van der Waals surface area contributed by atoms with Crippen LogP contribution in [-0.2, 0) is 16.0 Å². The van der Waals surface area contributed by atoms with Gasteiger partial charge >= 0.3 is 5.97 Å². The van der Waals surface area contributed by atoms with E-state index in [0.29, 0.717) is 5.39 Å². The molecule has 88 valence electrons. The Kier molecular flexibility index (Phi) is 2.99. The zero-order valence-electron chi connectivity index (χ0n) is 9.04. The van der Waals surface area contributed by atoms with Crippen LogP contribution in [0.5, 0.6) is 0 Å². The molecule has 0 spiro atoms. The Morgan fingerprint density at radius 3 is 2.88 bits per heavy atom. The van der Waals surface area contributed by atoms with Crippen LogP contribution < -0.4 is 0 Å². The topological polar surface area (TPSA) is 39.2 Å². The van der Waals surface area contributed by atoms with Gasteiger partial charge in [-0.15, -0.1) is 0 Å². The number of rotatable bonds is 2. The highest BCUT2D eigenvalue weighted by molar-refractivity contribution is 5.88. The molecule has 2 aromatic rings. The van der Waals surface area contributed by atoms with E-state index in [9.17, 15) is 13.6 Å². The number of esters is 1. The predicted octanol–water partition coefficient (Wildman–Crippen LogP) is 2.23. The Labute approximate surface area is 96.0 Å². The summed E-state index contributed by atoms with van der Waals surface area (Å²) in [5, 5.41) is 0.524. The van der Waals surface area contributed by atoms with Gasteiger partial charge in [-0.1, -0.05) is 0 Å². The fourth-order valence-corrected chi connectivity index (χ4v) is 1.64. The first-order valence-electron chi connectivity index (χ1n) is 4.91. The van der Waals surface area contributed by atoms with Crippen molar-refractivity contribution < 1.29 is 18.3 Å². The summed E-state index contributed by atoms with van der Waals surface area (Å²) in [4.78, 5) is 15.1. The molecule has 0 saturated heterocycles. The maximum absolute atomic E-state index is 13.6. The molecule has 5 heteroatoms. The molecule has 1 aromatic carbocycles. The third-order valence-electron chi connectivity index (χ3n) is 2.40. The maximum atomic E-state index is 13.6. The smallest absolute Gasteiger partial charge is 0.311 e. The highest BCUT2D eigenvalue weighted by atomic mass is 19.1. The highest BCUT2D eigenvalue weighted by Crippen LogP contribution is 2.22. The van der Waals surface area contributed by atoms with Crippen molar-refractivity contribution in [2.45, 2.75) is 6.42 Å². The second-order valence-corrected chi connectivity index (χ2v) is 3.50. The van der Waals surface area contributed by atoms with Crippen molar-refractivity contribution in [1.82, 2.24) is 4.98 Å². The van der Waals surface area contributed by atoms with Crippen LogP contribution in [0.15, 0.2) is 24.4 Å². The number of fused-ring (bicyclic) bond motifs is 1. The van der Waals surface area contributed by atoms with Gasteiger partial charge in [0.2, 0.25) is 0 Å². The molecule has 1 heterocycles. The van der Waals surface area contributed by atoms with Crippen LogP contribution in [0.4, 0.5) is 8.78 Å². The van der Waals surface area contributed by atoms with Gasteiger partial charge in [0.15, 0.2) is 0 Å². The lowest BCUT2D eigenvalue weighted by Crippen LogP contribution is -2.07. The van der Waals surface area contributed by atoms with Gasteiger partial charge in [0, 0.05) is 17.6 Å².